The topological polar surface area (TPSA) is 100 Å². The molecule has 0 bridgehead atoms. The van der Waals surface area contributed by atoms with Gasteiger partial charge in [-0.1, -0.05) is 48.5 Å². The summed E-state index contributed by atoms with van der Waals surface area (Å²) in [5.74, 6) is -0.557. The van der Waals surface area contributed by atoms with E-state index in [9.17, 15) is 19.8 Å². The number of hydrogen-bond donors (Lipinski definition) is 2. The van der Waals surface area contributed by atoms with Crippen molar-refractivity contribution in [3.8, 4) is 28.6 Å². The smallest absolute Gasteiger partial charge is 0.223 e. The molecule has 0 spiro atoms. The molecule has 1 fully saturated rings. The van der Waals surface area contributed by atoms with Gasteiger partial charge in [-0.2, -0.15) is 0 Å². The van der Waals surface area contributed by atoms with E-state index in [2.05, 4.69) is 0 Å². The van der Waals surface area contributed by atoms with Crippen LogP contribution in [0.4, 0.5) is 0 Å². The van der Waals surface area contributed by atoms with E-state index in [-0.39, 0.29) is 40.4 Å². The third-order valence-electron chi connectivity index (χ3n) is 7.01. The molecule has 1 atom stereocenters. The normalized spacial score (nSPS) is 14.5. The number of hydrogen-bond acceptors (Lipinski definition) is 6. The van der Waals surface area contributed by atoms with E-state index in [1.165, 1.54) is 6.07 Å². The Labute approximate surface area is 214 Å². The van der Waals surface area contributed by atoms with Gasteiger partial charge in [0.2, 0.25) is 5.91 Å². The SMILES string of the molecule is COc1ccccc1[C@H](CC(=O)N1CCCCC1)c1c(O)cc(O)c2c(=O)cc(-c3ccccc3)oc12. The summed E-state index contributed by atoms with van der Waals surface area (Å²) in [6, 6.07) is 18.9. The molecule has 3 aromatic carbocycles. The number of carbonyl (C=O) groups excluding carboxylic acids is 1. The summed E-state index contributed by atoms with van der Waals surface area (Å²) in [5, 5.41) is 21.8. The average molecular weight is 500 g/mol. The van der Waals surface area contributed by atoms with Crippen LogP contribution in [0.15, 0.2) is 75.9 Å². The van der Waals surface area contributed by atoms with Crippen LogP contribution in [0.5, 0.6) is 17.2 Å². The van der Waals surface area contributed by atoms with Crippen molar-refractivity contribution in [3.05, 3.63) is 88.1 Å². The maximum atomic E-state index is 13.5. The molecule has 2 N–H and O–H groups in total. The molecule has 190 valence electrons. The van der Waals surface area contributed by atoms with Crippen LogP contribution in [0.3, 0.4) is 0 Å². The molecule has 0 radical (unpaired) electrons. The highest BCUT2D eigenvalue weighted by atomic mass is 16.5. The lowest BCUT2D eigenvalue weighted by Gasteiger charge is -2.29. The number of carbonyl (C=O) groups is 1. The molecule has 1 aliphatic rings. The Morgan fingerprint density at radius 1 is 0.973 bits per heavy atom. The van der Waals surface area contributed by atoms with E-state index >= 15 is 0 Å². The number of para-hydroxylation sites is 1. The zero-order chi connectivity index (χ0) is 25.9. The van der Waals surface area contributed by atoms with E-state index in [1.807, 2.05) is 53.4 Å². The van der Waals surface area contributed by atoms with Crippen LogP contribution < -0.4 is 10.2 Å². The molecule has 7 heteroatoms. The van der Waals surface area contributed by atoms with Crippen molar-refractivity contribution >= 4 is 16.9 Å². The maximum Gasteiger partial charge on any atom is 0.223 e. The van der Waals surface area contributed by atoms with Gasteiger partial charge in [-0.25, -0.2) is 0 Å². The Morgan fingerprint density at radius 3 is 2.41 bits per heavy atom. The minimum absolute atomic E-state index is 0.0348. The van der Waals surface area contributed by atoms with E-state index in [0.717, 1.165) is 25.3 Å². The second-order valence-corrected chi connectivity index (χ2v) is 9.31. The molecule has 0 saturated carbocycles. The first-order valence-corrected chi connectivity index (χ1v) is 12.5. The summed E-state index contributed by atoms with van der Waals surface area (Å²) < 4.78 is 11.9. The van der Waals surface area contributed by atoms with Crippen molar-refractivity contribution in [1.29, 1.82) is 0 Å². The number of nitrogens with zero attached hydrogens (tertiary/aromatic N) is 1. The molecule has 1 saturated heterocycles. The minimum Gasteiger partial charge on any atom is -0.507 e. The molecule has 0 aliphatic carbocycles. The van der Waals surface area contributed by atoms with Crippen LogP contribution in [-0.2, 0) is 4.79 Å². The van der Waals surface area contributed by atoms with Crippen molar-refractivity contribution in [2.75, 3.05) is 20.2 Å². The lowest BCUT2D eigenvalue weighted by atomic mass is 9.85. The summed E-state index contributed by atoms with van der Waals surface area (Å²) in [4.78, 5) is 28.5. The largest absolute Gasteiger partial charge is 0.507 e. The predicted molar refractivity (Wildman–Crippen MR) is 141 cm³/mol. The molecule has 4 aromatic rings. The Balaban J connectivity index is 1.75. The number of phenols is 2. The predicted octanol–water partition coefficient (Wildman–Crippen LogP) is 5.41. The molecule has 2 heterocycles. The first-order valence-electron chi connectivity index (χ1n) is 12.5. The number of rotatable bonds is 6. The zero-order valence-corrected chi connectivity index (χ0v) is 20.6. The number of ether oxygens (including phenoxy) is 1. The Bertz CT molecular complexity index is 1490. The van der Waals surface area contributed by atoms with Gasteiger partial charge in [-0.3, -0.25) is 9.59 Å². The van der Waals surface area contributed by atoms with E-state index in [1.54, 1.807) is 13.2 Å². The van der Waals surface area contributed by atoms with Gasteiger partial charge in [0.15, 0.2) is 5.43 Å². The van der Waals surface area contributed by atoms with Crippen LogP contribution >= 0.6 is 0 Å². The van der Waals surface area contributed by atoms with Gasteiger partial charge in [-0.05, 0) is 25.3 Å². The van der Waals surface area contributed by atoms with E-state index < -0.39 is 11.3 Å². The van der Waals surface area contributed by atoms with Crippen LogP contribution in [0.1, 0.15) is 42.7 Å². The standard InChI is InChI=1S/C30H29NO6/c1-36-25-13-7-6-12-20(25)21(16-27(35)31-14-8-3-9-15-31)28-22(32)17-23(33)29-24(34)18-26(37-30(28)29)19-10-4-2-5-11-19/h2,4-7,10-13,17-18,21,32-33H,3,8-9,14-16H2,1H3/t21-/m0/s1. The molecule has 5 rings (SSSR count). The second-order valence-electron chi connectivity index (χ2n) is 9.31. The lowest BCUT2D eigenvalue weighted by molar-refractivity contribution is -0.132. The van der Waals surface area contributed by atoms with Crippen LogP contribution in [0.2, 0.25) is 0 Å². The van der Waals surface area contributed by atoms with Crippen LogP contribution in [0.25, 0.3) is 22.3 Å². The van der Waals surface area contributed by atoms with Crippen molar-refractivity contribution < 1.29 is 24.2 Å². The Morgan fingerprint density at radius 2 is 1.68 bits per heavy atom. The van der Waals surface area contributed by atoms with Crippen LogP contribution in [0, 0.1) is 0 Å². The zero-order valence-electron chi connectivity index (χ0n) is 20.6. The molecule has 1 amide bonds. The lowest BCUT2D eigenvalue weighted by Crippen LogP contribution is -2.36. The minimum atomic E-state index is -0.692. The number of methoxy groups -OCH3 is 1. The van der Waals surface area contributed by atoms with Gasteiger partial charge in [0.1, 0.15) is 34.0 Å². The number of aromatic hydroxyl groups is 2. The summed E-state index contributed by atoms with van der Waals surface area (Å²) >= 11 is 0. The maximum absolute atomic E-state index is 13.5. The fourth-order valence-electron chi connectivity index (χ4n) is 5.17. The molecular formula is C30H29NO6. The van der Waals surface area contributed by atoms with Crippen LogP contribution in [-0.4, -0.2) is 41.2 Å². The van der Waals surface area contributed by atoms with Gasteiger partial charge in [0.05, 0.1) is 7.11 Å². The Kier molecular flexibility index (Phi) is 6.86. The number of amides is 1. The highest BCUT2D eigenvalue weighted by Gasteiger charge is 2.31. The third kappa shape index (κ3) is 4.77. The van der Waals surface area contributed by atoms with E-state index in [0.29, 0.717) is 35.7 Å². The van der Waals surface area contributed by atoms with Crippen molar-refractivity contribution in [2.24, 2.45) is 0 Å². The monoisotopic (exact) mass is 499 g/mol. The first-order chi connectivity index (χ1) is 18.0. The molecule has 37 heavy (non-hydrogen) atoms. The fraction of sp³-hybridized carbons (Fsp3) is 0.267. The number of piperidine rings is 1. The molecule has 0 unspecified atom stereocenters. The fourth-order valence-corrected chi connectivity index (χ4v) is 5.17. The first kappa shape index (κ1) is 24.4. The molecule has 1 aromatic heterocycles. The second kappa shape index (κ2) is 10.4. The number of likely N-dealkylation sites (tertiary alicyclic amines) is 1. The molecular weight excluding hydrogens is 470 g/mol. The van der Waals surface area contributed by atoms with Crippen molar-refractivity contribution in [2.45, 2.75) is 31.6 Å². The number of fused-ring (bicyclic) bond motifs is 1. The summed E-state index contributed by atoms with van der Waals surface area (Å²) in [6.07, 6.45) is 3.03. The van der Waals surface area contributed by atoms with Gasteiger partial charge in [0.25, 0.3) is 0 Å². The quantitative estimate of drug-likeness (QED) is 0.368. The van der Waals surface area contributed by atoms with Gasteiger partial charge in [0, 0.05) is 54.3 Å². The molecule has 7 nitrogen and oxygen atoms in total. The van der Waals surface area contributed by atoms with Crippen molar-refractivity contribution in [1.82, 2.24) is 4.90 Å². The summed E-state index contributed by atoms with van der Waals surface area (Å²) in [5.41, 5.74) is 1.21. The highest BCUT2D eigenvalue weighted by molar-refractivity contribution is 5.91. The highest BCUT2D eigenvalue weighted by Crippen LogP contribution is 2.45. The van der Waals surface area contributed by atoms with Gasteiger partial charge < -0.3 is 24.3 Å². The third-order valence-corrected chi connectivity index (χ3v) is 7.01. The average Bonchev–Trinajstić information content (AvgIpc) is 2.92. The summed E-state index contributed by atoms with van der Waals surface area (Å²) in [6.45, 7) is 1.38. The van der Waals surface area contributed by atoms with Gasteiger partial charge in [-0.15, -0.1) is 0 Å². The summed E-state index contributed by atoms with van der Waals surface area (Å²) in [7, 11) is 1.55. The Hall–Kier alpha value is -4.26. The number of benzene rings is 3. The van der Waals surface area contributed by atoms with E-state index in [4.69, 9.17) is 9.15 Å². The van der Waals surface area contributed by atoms with Gasteiger partial charge >= 0.3 is 0 Å². The van der Waals surface area contributed by atoms with Crippen molar-refractivity contribution in [3.63, 3.8) is 0 Å². The molecule has 1 aliphatic heterocycles. The number of phenolic OH excluding ortho intramolecular Hbond substituents is 2.